The molecular formula is C26H22ClN3O2S. The van der Waals surface area contributed by atoms with E-state index in [4.69, 9.17) is 33.0 Å². The fourth-order valence-electron chi connectivity index (χ4n) is 4.15. The Hall–Kier alpha value is -3.35. The first-order chi connectivity index (χ1) is 16.1. The molecule has 2 aromatic heterocycles. The molecule has 2 unspecified atom stereocenters. The van der Waals surface area contributed by atoms with Gasteiger partial charge in [0.25, 0.3) is 0 Å². The number of halogens is 1. The Morgan fingerprint density at radius 2 is 1.88 bits per heavy atom. The van der Waals surface area contributed by atoms with Gasteiger partial charge in [0, 0.05) is 16.8 Å². The van der Waals surface area contributed by atoms with E-state index in [1.165, 1.54) is 0 Å². The van der Waals surface area contributed by atoms with E-state index in [9.17, 15) is 0 Å². The van der Waals surface area contributed by atoms with Crippen molar-refractivity contribution in [2.24, 2.45) is 0 Å². The third-order valence-electron chi connectivity index (χ3n) is 5.82. The number of ether oxygens (including phenoxy) is 1. The molecule has 4 aromatic rings. The van der Waals surface area contributed by atoms with Crippen LogP contribution in [0.1, 0.15) is 29.1 Å². The lowest BCUT2D eigenvalue weighted by Crippen LogP contribution is -2.29. The molecule has 1 saturated heterocycles. The van der Waals surface area contributed by atoms with Crippen molar-refractivity contribution in [1.82, 2.24) is 10.3 Å². The number of para-hydroxylation sites is 2. The van der Waals surface area contributed by atoms with Gasteiger partial charge in [0.05, 0.1) is 24.5 Å². The Kier molecular flexibility index (Phi) is 5.79. The molecule has 2 atom stereocenters. The van der Waals surface area contributed by atoms with Crippen LogP contribution in [0.4, 0.5) is 5.69 Å². The number of rotatable bonds is 5. The van der Waals surface area contributed by atoms with Gasteiger partial charge in [-0.1, -0.05) is 41.9 Å². The fraction of sp³-hybridized carbons (Fsp3) is 0.154. The van der Waals surface area contributed by atoms with E-state index in [-0.39, 0.29) is 12.1 Å². The molecular weight excluding hydrogens is 454 g/mol. The number of benzene rings is 2. The van der Waals surface area contributed by atoms with E-state index in [0.717, 1.165) is 39.8 Å². The number of hydrogen-bond donors (Lipinski definition) is 1. The maximum atomic E-state index is 6.41. The van der Waals surface area contributed by atoms with Crippen molar-refractivity contribution in [3.05, 3.63) is 101 Å². The molecule has 0 bridgehead atoms. The normalized spacial score (nSPS) is 17.8. The number of thiocarbonyl (C=S) groups is 1. The van der Waals surface area contributed by atoms with E-state index < -0.39 is 0 Å². The van der Waals surface area contributed by atoms with Crippen LogP contribution < -0.4 is 15.0 Å². The van der Waals surface area contributed by atoms with E-state index in [0.29, 0.717) is 10.1 Å². The minimum absolute atomic E-state index is 0.204. The van der Waals surface area contributed by atoms with E-state index in [1.807, 2.05) is 84.6 Å². The van der Waals surface area contributed by atoms with Gasteiger partial charge in [-0.2, -0.15) is 0 Å². The Labute approximate surface area is 203 Å². The molecule has 0 aliphatic carbocycles. The van der Waals surface area contributed by atoms with Crippen LogP contribution in [0.5, 0.6) is 5.75 Å². The Balaban J connectivity index is 1.62. The maximum absolute atomic E-state index is 6.41. The van der Waals surface area contributed by atoms with Gasteiger partial charge in [0.2, 0.25) is 0 Å². The predicted octanol–water partition coefficient (Wildman–Crippen LogP) is 6.49. The summed E-state index contributed by atoms with van der Waals surface area (Å²) in [5.41, 5.74) is 3.68. The van der Waals surface area contributed by atoms with Gasteiger partial charge >= 0.3 is 0 Å². The van der Waals surface area contributed by atoms with Gasteiger partial charge in [-0.15, -0.1) is 0 Å². The number of anilines is 1. The van der Waals surface area contributed by atoms with Gasteiger partial charge in [0.15, 0.2) is 5.11 Å². The third-order valence-corrected chi connectivity index (χ3v) is 6.54. The molecule has 2 aromatic carbocycles. The lowest BCUT2D eigenvalue weighted by Gasteiger charge is -2.27. The topological polar surface area (TPSA) is 50.5 Å². The van der Waals surface area contributed by atoms with Crippen LogP contribution in [0.15, 0.2) is 83.4 Å². The van der Waals surface area contributed by atoms with Crippen molar-refractivity contribution in [1.29, 1.82) is 0 Å². The van der Waals surface area contributed by atoms with Crippen LogP contribution in [0, 0.1) is 6.92 Å². The zero-order valence-electron chi connectivity index (χ0n) is 18.2. The molecule has 1 aliphatic rings. The molecule has 5 rings (SSSR count). The minimum atomic E-state index is -0.265. The molecule has 1 aliphatic heterocycles. The van der Waals surface area contributed by atoms with Crippen LogP contribution >= 0.6 is 23.8 Å². The maximum Gasteiger partial charge on any atom is 0.174 e. The highest BCUT2D eigenvalue weighted by Crippen LogP contribution is 2.45. The van der Waals surface area contributed by atoms with Crippen LogP contribution in [0.25, 0.3) is 11.3 Å². The monoisotopic (exact) mass is 475 g/mol. The zero-order valence-corrected chi connectivity index (χ0v) is 19.7. The van der Waals surface area contributed by atoms with Crippen molar-refractivity contribution in [3.63, 3.8) is 0 Å². The van der Waals surface area contributed by atoms with Crippen LogP contribution in [-0.4, -0.2) is 17.2 Å². The van der Waals surface area contributed by atoms with Crippen molar-refractivity contribution >= 4 is 34.6 Å². The first-order valence-corrected chi connectivity index (χ1v) is 11.4. The number of aryl methyl sites for hydroxylation is 1. The molecule has 166 valence electrons. The summed E-state index contributed by atoms with van der Waals surface area (Å²) in [6.45, 7) is 1.98. The SMILES string of the molecule is COc1ccccc1N1C(=S)NC(c2ccccn2)C1c1ccc(-c2ccc(C)c(Cl)c2)o1. The van der Waals surface area contributed by atoms with Crippen molar-refractivity contribution in [2.45, 2.75) is 19.0 Å². The number of pyridine rings is 1. The summed E-state index contributed by atoms with van der Waals surface area (Å²) in [5, 5.41) is 4.73. The number of nitrogens with one attached hydrogen (secondary N) is 1. The largest absolute Gasteiger partial charge is 0.495 e. The van der Waals surface area contributed by atoms with Gasteiger partial charge in [-0.05, 0) is 67.2 Å². The molecule has 0 radical (unpaired) electrons. The molecule has 0 saturated carbocycles. The highest BCUT2D eigenvalue weighted by molar-refractivity contribution is 7.80. The van der Waals surface area contributed by atoms with Crippen molar-refractivity contribution in [2.75, 3.05) is 12.0 Å². The number of furan rings is 1. The van der Waals surface area contributed by atoms with Crippen LogP contribution in [0.3, 0.4) is 0 Å². The van der Waals surface area contributed by atoms with Crippen LogP contribution in [-0.2, 0) is 0 Å². The molecule has 0 amide bonds. The first kappa shape index (κ1) is 21.5. The molecule has 5 nitrogen and oxygen atoms in total. The highest BCUT2D eigenvalue weighted by atomic mass is 35.5. The summed E-state index contributed by atoms with van der Waals surface area (Å²) in [5.74, 6) is 2.23. The lowest BCUT2D eigenvalue weighted by atomic mass is 10.0. The molecule has 3 heterocycles. The smallest absolute Gasteiger partial charge is 0.174 e. The number of nitrogens with zero attached hydrogens (tertiary/aromatic N) is 2. The summed E-state index contributed by atoms with van der Waals surface area (Å²) in [6.07, 6.45) is 1.78. The molecule has 33 heavy (non-hydrogen) atoms. The second kappa shape index (κ2) is 8.89. The molecule has 1 fully saturated rings. The second-order valence-electron chi connectivity index (χ2n) is 7.83. The second-order valence-corrected chi connectivity index (χ2v) is 8.63. The zero-order chi connectivity index (χ0) is 22.9. The number of methoxy groups -OCH3 is 1. The van der Waals surface area contributed by atoms with Crippen LogP contribution in [0.2, 0.25) is 5.02 Å². The Morgan fingerprint density at radius 1 is 1.06 bits per heavy atom. The highest BCUT2D eigenvalue weighted by Gasteiger charge is 2.43. The predicted molar refractivity (Wildman–Crippen MR) is 135 cm³/mol. The number of hydrogen-bond acceptors (Lipinski definition) is 4. The molecule has 0 spiro atoms. The summed E-state index contributed by atoms with van der Waals surface area (Å²) >= 11 is 12.1. The molecule has 1 N–H and O–H groups in total. The average molecular weight is 476 g/mol. The minimum Gasteiger partial charge on any atom is -0.495 e. The molecule has 7 heteroatoms. The third kappa shape index (κ3) is 3.96. The Morgan fingerprint density at radius 3 is 2.64 bits per heavy atom. The van der Waals surface area contributed by atoms with E-state index >= 15 is 0 Å². The van der Waals surface area contributed by atoms with E-state index in [1.54, 1.807) is 13.3 Å². The van der Waals surface area contributed by atoms with E-state index in [2.05, 4.69) is 10.3 Å². The standard InChI is InChI=1S/C26H22ClN3O2S/c1-16-10-11-17(15-18(16)27)21-12-13-23(32-21)25-24(19-7-5-6-14-28-19)29-26(33)30(25)20-8-3-4-9-22(20)31-2/h3-15,24-25H,1-2H3,(H,29,33). The first-order valence-electron chi connectivity index (χ1n) is 10.6. The summed E-state index contributed by atoms with van der Waals surface area (Å²) in [7, 11) is 1.66. The lowest BCUT2D eigenvalue weighted by molar-refractivity contribution is 0.409. The van der Waals surface area contributed by atoms with Crippen molar-refractivity contribution < 1.29 is 9.15 Å². The van der Waals surface area contributed by atoms with Gasteiger partial charge < -0.3 is 19.4 Å². The van der Waals surface area contributed by atoms with Gasteiger partial charge in [0.1, 0.15) is 23.3 Å². The Bertz CT molecular complexity index is 1310. The summed E-state index contributed by atoms with van der Waals surface area (Å²) in [4.78, 5) is 6.63. The summed E-state index contributed by atoms with van der Waals surface area (Å²) < 4.78 is 12.0. The van der Waals surface area contributed by atoms with Gasteiger partial charge in [-0.25, -0.2) is 0 Å². The summed E-state index contributed by atoms with van der Waals surface area (Å²) in [6, 6.07) is 23.1. The fourth-order valence-corrected chi connectivity index (χ4v) is 4.66. The van der Waals surface area contributed by atoms with Gasteiger partial charge in [-0.3, -0.25) is 4.98 Å². The number of aromatic nitrogens is 1. The van der Waals surface area contributed by atoms with Crippen molar-refractivity contribution in [3.8, 4) is 17.1 Å². The quantitative estimate of drug-likeness (QED) is 0.333. The average Bonchev–Trinajstić information content (AvgIpc) is 3.46.